The third kappa shape index (κ3) is 4.04. The summed E-state index contributed by atoms with van der Waals surface area (Å²) in [7, 11) is 0. The maximum atomic E-state index is 13.2. The van der Waals surface area contributed by atoms with Gasteiger partial charge >= 0.3 is 5.69 Å². The number of carbonyl (C=O) groups excluding carboxylic acids is 1. The fourth-order valence-electron chi connectivity index (χ4n) is 4.61. The normalized spacial score (nSPS) is 15.4. The van der Waals surface area contributed by atoms with E-state index in [0.717, 1.165) is 32.1 Å². The first-order valence-electron chi connectivity index (χ1n) is 12.6. The number of pyridine rings is 1. The molecule has 9 nitrogen and oxygen atoms in total. The Morgan fingerprint density at radius 2 is 1.86 bits per heavy atom. The molecule has 0 unspecified atom stereocenters. The minimum absolute atomic E-state index is 0.0233. The van der Waals surface area contributed by atoms with Gasteiger partial charge in [-0.1, -0.05) is 25.1 Å². The summed E-state index contributed by atoms with van der Waals surface area (Å²) in [6, 6.07) is 12.9. The van der Waals surface area contributed by atoms with Crippen LogP contribution in [0.15, 0.2) is 58.3 Å². The highest BCUT2D eigenvalue weighted by atomic mass is 16.2. The minimum Gasteiger partial charge on any atom is -0.332 e. The summed E-state index contributed by atoms with van der Waals surface area (Å²) in [6.07, 6.45) is 6.34. The van der Waals surface area contributed by atoms with Crippen LogP contribution in [0.1, 0.15) is 55.4 Å². The van der Waals surface area contributed by atoms with Crippen LogP contribution in [0.4, 0.5) is 5.82 Å². The molecular formula is C27H28N6O3. The summed E-state index contributed by atoms with van der Waals surface area (Å²) in [5.41, 5.74) is 1.40. The van der Waals surface area contributed by atoms with Gasteiger partial charge in [-0.15, -0.1) is 0 Å². The SMILES string of the molecule is CCCn1c(=O)n(C2CC2)c(=O)c2[nH]c(-c3ccc(N(CC4CC4)C(=O)c4ccccc4)nc3)nc21. The predicted octanol–water partition coefficient (Wildman–Crippen LogP) is 3.75. The lowest BCUT2D eigenvalue weighted by Crippen LogP contribution is -2.39. The monoisotopic (exact) mass is 484 g/mol. The number of amides is 1. The molecule has 36 heavy (non-hydrogen) atoms. The van der Waals surface area contributed by atoms with E-state index < -0.39 is 0 Å². The van der Waals surface area contributed by atoms with Crippen molar-refractivity contribution in [3.8, 4) is 11.4 Å². The Morgan fingerprint density at radius 1 is 1.08 bits per heavy atom. The van der Waals surface area contributed by atoms with Crippen LogP contribution in [0.5, 0.6) is 0 Å². The molecule has 3 aromatic heterocycles. The Hall–Kier alpha value is -4.01. The van der Waals surface area contributed by atoms with Crippen LogP contribution >= 0.6 is 0 Å². The fraction of sp³-hybridized carbons (Fsp3) is 0.370. The second kappa shape index (κ2) is 8.89. The van der Waals surface area contributed by atoms with Crippen molar-refractivity contribution in [1.29, 1.82) is 0 Å². The summed E-state index contributed by atoms with van der Waals surface area (Å²) in [6.45, 7) is 3.11. The third-order valence-electron chi connectivity index (χ3n) is 6.87. The lowest BCUT2D eigenvalue weighted by atomic mass is 10.2. The van der Waals surface area contributed by atoms with Crippen LogP contribution < -0.4 is 16.1 Å². The van der Waals surface area contributed by atoms with Gasteiger partial charge in [-0.25, -0.2) is 14.8 Å². The van der Waals surface area contributed by atoms with Crippen molar-refractivity contribution in [2.75, 3.05) is 11.4 Å². The molecule has 0 atom stereocenters. The van der Waals surface area contributed by atoms with Crippen LogP contribution in [0.25, 0.3) is 22.6 Å². The molecule has 6 rings (SSSR count). The maximum Gasteiger partial charge on any atom is 0.333 e. The molecule has 3 heterocycles. The lowest BCUT2D eigenvalue weighted by molar-refractivity contribution is 0.0985. The molecule has 184 valence electrons. The van der Waals surface area contributed by atoms with Crippen molar-refractivity contribution in [2.24, 2.45) is 5.92 Å². The van der Waals surface area contributed by atoms with Gasteiger partial charge in [0, 0.05) is 36.5 Å². The predicted molar refractivity (Wildman–Crippen MR) is 137 cm³/mol. The summed E-state index contributed by atoms with van der Waals surface area (Å²) in [5, 5.41) is 0. The van der Waals surface area contributed by atoms with E-state index in [2.05, 4.69) is 15.0 Å². The number of hydrogen-bond donors (Lipinski definition) is 1. The highest BCUT2D eigenvalue weighted by Crippen LogP contribution is 2.33. The number of imidazole rings is 1. The molecule has 0 aliphatic heterocycles. The highest BCUT2D eigenvalue weighted by molar-refractivity contribution is 6.05. The molecule has 9 heteroatoms. The van der Waals surface area contributed by atoms with E-state index in [9.17, 15) is 14.4 Å². The first-order chi connectivity index (χ1) is 17.5. The number of nitrogens with zero attached hydrogens (tertiary/aromatic N) is 5. The molecule has 0 spiro atoms. The van der Waals surface area contributed by atoms with Crippen molar-refractivity contribution < 1.29 is 4.79 Å². The molecule has 0 bridgehead atoms. The molecule has 2 fully saturated rings. The van der Waals surface area contributed by atoms with E-state index in [1.54, 1.807) is 15.7 Å². The van der Waals surface area contributed by atoms with Gasteiger partial charge in [-0.2, -0.15) is 0 Å². The van der Waals surface area contributed by atoms with E-state index in [1.807, 2.05) is 49.4 Å². The molecule has 1 N–H and O–H groups in total. The Labute approximate surface area is 207 Å². The quantitative estimate of drug-likeness (QED) is 0.410. The topological polar surface area (TPSA) is 106 Å². The van der Waals surface area contributed by atoms with Gasteiger partial charge in [0.2, 0.25) is 0 Å². The smallest absolute Gasteiger partial charge is 0.332 e. The van der Waals surface area contributed by atoms with Crippen LogP contribution in [0.2, 0.25) is 0 Å². The van der Waals surface area contributed by atoms with E-state index in [4.69, 9.17) is 0 Å². The number of anilines is 1. The molecule has 0 radical (unpaired) electrons. The summed E-state index contributed by atoms with van der Waals surface area (Å²) in [4.78, 5) is 53.5. The second-order valence-electron chi connectivity index (χ2n) is 9.75. The Morgan fingerprint density at radius 3 is 2.50 bits per heavy atom. The number of H-pyrrole nitrogens is 1. The van der Waals surface area contributed by atoms with Crippen molar-refractivity contribution in [2.45, 2.75) is 51.6 Å². The van der Waals surface area contributed by atoms with Gasteiger partial charge in [-0.05, 0) is 62.3 Å². The molecule has 1 aromatic carbocycles. The summed E-state index contributed by atoms with van der Waals surface area (Å²) >= 11 is 0. The Bertz CT molecular complexity index is 1540. The van der Waals surface area contributed by atoms with Crippen LogP contribution in [0, 0.1) is 5.92 Å². The third-order valence-corrected chi connectivity index (χ3v) is 6.87. The minimum atomic E-state index is -0.322. The molecule has 1 amide bonds. The van der Waals surface area contributed by atoms with E-state index in [0.29, 0.717) is 52.9 Å². The molecule has 2 saturated carbocycles. The molecular weight excluding hydrogens is 456 g/mol. The fourth-order valence-corrected chi connectivity index (χ4v) is 4.61. The number of hydrogen-bond acceptors (Lipinski definition) is 5. The second-order valence-corrected chi connectivity index (χ2v) is 9.75. The lowest BCUT2D eigenvalue weighted by Gasteiger charge is -2.22. The van der Waals surface area contributed by atoms with E-state index >= 15 is 0 Å². The molecule has 2 aliphatic rings. The Balaban J connectivity index is 1.37. The van der Waals surface area contributed by atoms with Gasteiger partial charge in [0.25, 0.3) is 11.5 Å². The van der Waals surface area contributed by atoms with Gasteiger partial charge < -0.3 is 4.98 Å². The maximum absolute atomic E-state index is 13.2. The van der Waals surface area contributed by atoms with Crippen molar-refractivity contribution in [3.05, 3.63) is 75.1 Å². The number of aryl methyl sites for hydroxylation is 1. The number of aromatic nitrogens is 5. The molecule has 4 aromatic rings. The average molecular weight is 485 g/mol. The zero-order chi connectivity index (χ0) is 24.8. The van der Waals surface area contributed by atoms with Crippen LogP contribution in [-0.4, -0.2) is 36.5 Å². The summed E-state index contributed by atoms with van der Waals surface area (Å²) in [5.74, 6) is 1.48. The zero-order valence-electron chi connectivity index (χ0n) is 20.2. The van der Waals surface area contributed by atoms with Crippen LogP contribution in [0.3, 0.4) is 0 Å². The van der Waals surface area contributed by atoms with Crippen LogP contribution in [-0.2, 0) is 6.54 Å². The summed E-state index contributed by atoms with van der Waals surface area (Å²) < 4.78 is 2.96. The van der Waals surface area contributed by atoms with E-state index in [-0.39, 0.29) is 23.2 Å². The van der Waals surface area contributed by atoms with Gasteiger partial charge in [0.15, 0.2) is 5.65 Å². The molecule has 2 aliphatic carbocycles. The first kappa shape index (κ1) is 22.5. The van der Waals surface area contributed by atoms with Crippen molar-refractivity contribution >= 4 is 22.9 Å². The van der Waals surface area contributed by atoms with Gasteiger partial charge in [0.1, 0.15) is 17.2 Å². The number of benzene rings is 1. The number of fused-ring (bicyclic) bond motifs is 1. The van der Waals surface area contributed by atoms with Crippen molar-refractivity contribution in [1.82, 2.24) is 24.1 Å². The standard InChI is InChI=1S/C27H28N6O3/c1-2-14-31-24-22(26(35)33(27(31)36)20-11-12-20)29-23(30-24)19-10-13-21(28-15-19)32(16-17-8-9-17)25(34)18-6-4-3-5-7-18/h3-7,10,13,15,17,20H,2,8-9,11-12,14,16H2,1H3,(H,29,30). The first-order valence-corrected chi connectivity index (χ1v) is 12.6. The van der Waals surface area contributed by atoms with E-state index in [1.165, 1.54) is 4.57 Å². The van der Waals surface area contributed by atoms with Crippen molar-refractivity contribution in [3.63, 3.8) is 0 Å². The Kier molecular flexibility index (Phi) is 5.55. The number of carbonyl (C=O) groups is 1. The average Bonchev–Trinajstić information content (AvgIpc) is 3.84. The highest BCUT2D eigenvalue weighted by Gasteiger charge is 2.31. The number of aromatic amines is 1. The van der Waals surface area contributed by atoms with Gasteiger partial charge in [-0.3, -0.25) is 23.6 Å². The largest absolute Gasteiger partial charge is 0.333 e. The zero-order valence-corrected chi connectivity index (χ0v) is 20.2. The molecule has 0 saturated heterocycles. The number of nitrogens with one attached hydrogen (secondary N) is 1. The van der Waals surface area contributed by atoms with Gasteiger partial charge in [0.05, 0.1) is 0 Å². The number of rotatable bonds is 8.